The van der Waals surface area contributed by atoms with Crippen LogP contribution in [-0.4, -0.2) is 34.4 Å². The maximum atomic E-state index is 13.6. The van der Waals surface area contributed by atoms with Crippen LogP contribution < -0.4 is 15.6 Å². The van der Waals surface area contributed by atoms with Gasteiger partial charge in [-0.1, -0.05) is 28.1 Å². The quantitative estimate of drug-likeness (QED) is 0.360. The third-order valence-corrected chi connectivity index (χ3v) is 5.46. The van der Waals surface area contributed by atoms with Crippen molar-refractivity contribution >= 4 is 32.8 Å². The van der Waals surface area contributed by atoms with Crippen molar-refractivity contribution in [3.05, 3.63) is 75.8 Å². The van der Waals surface area contributed by atoms with Crippen molar-refractivity contribution < 1.29 is 17.9 Å². The van der Waals surface area contributed by atoms with Gasteiger partial charge in [-0.15, -0.1) is 0 Å². The molecule has 0 saturated carbocycles. The van der Waals surface area contributed by atoms with Crippen molar-refractivity contribution in [2.45, 2.75) is 12.6 Å². The molecule has 0 aliphatic carbocycles. The molecule has 2 aromatic heterocycles. The van der Waals surface area contributed by atoms with Crippen molar-refractivity contribution in [2.24, 2.45) is 0 Å². The molecule has 0 unspecified atom stereocenters. The molecular formula is C23H18BrF3N4O2. The normalized spacial score (nSPS) is 11.5. The molecule has 0 amide bonds. The Kier molecular flexibility index (Phi) is 6.37. The molecule has 0 saturated heterocycles. The molecule has 0 aliphatic rings. The Balaban J connectivity index is 1.86. The number of benzene rings is 2. The summed E-state index contributed by atoms with van der Waals surface area (Å²) < 4.78 is 45.0. The molecule has 0 spiro atoms. The van der Waals surface area contributed by atoms with Gasteiger partial charge in [0.1, 0.15) is 5.75 Å². The van der Waals surface area contributed by atoms with Crippen LogP contribution >= 0.6 is 15.9 Å². The molecule has 6 nitrogen and oxygen atoms in total. The monoisotopic (exact) mass is 518 g/mol. The Bertz CT molecular complexity index is 1340. The maximum Gasteiger partial charge on any atom is 0.390 e. The number of anilines is 1. The molecular weight excluding hydrogens is 501 g/mol. The van der Waals surface area contributed by atoms with Gasteiger partial charge in [0.25, 0.3) is 5.56 Å². The van der Waals surface area contributed by atoms with Crippen LogP contribution in [0, 0.1) is 0 Å². The molecule has 0 atom stereocenters. The van der Waals surface area contributed by atoms with E-state index in [1.54, 1.807) is 61.8 Å². The van der Waals surface area contributed by atoms with Crippen LogP contribution in [0.3, 0.4) is 0 Å². The first kappa shape index (κ1) is 22.8. The fraction of sp³-hybridized carbons (Fsp3) is 0.174. The van der Waals surface area contributed by atoms with E-state index >= 15 is 0 Å². The van der Waals surface area contributed by atoms with Crippen LogP contribution in [0.1, 0.15) is 6.42 Å². The molecule has 2 heterocycles. The summed E-state index contributed by atoms with van der Waals surface area (Å²) in [5.41, 5.74) is 1.58. The first-order chi connectivity index (χ1) is 15.7. The average molecular weight is 519 g/mol. The zero-order valence-electron chi connectivity index (χ0n) is 17.4. The van der Waals surface area contributed by atoms with Gasteiger partial charge < -0.3 is 10.1 Å². The van der Waals surface area contributed by atoms with E-state index in [9.17, 15) is 18.0 Å². The topological polar surface area (TPSA) is 69.0 Å². The van der Waals surface area contributed by atoms with E-state index < -0.39 is 12.6 Å². The Morgan fingerprint density at radius 2 is 1.79 bits per heavy atom. The van der Waals surface area contributed by atoms with Gasteiger partial charge in [0.05, 0.1) is 24.6 Å². The largest absolute Gasteiger partial charge is 0.497 e. The van der Waals surface area contributed by atoms with Crippen LogP contribution in [0.25, 0.3) is 27.7 Å². The number of hydrogen-bond donors (Lipinski definition) is 1. The van der Waals surface area contributed by atoms with E-state index in [2.05, 4.69) is 31.2 Å². The Labute approximate surface area is 195 Å². The van der Waals surface area contributed by atoms with Crippen molar-refractivity contribution in [2.75, 3.05) is 19.0 Å². The van der Waals surface area contributed by atoms with Crippen LogP contribution in [0.2, 0.25) is 0 Å². The molecule has 0 aliphatic heterocycles. The molecule has 2 aromatic carbocycles. The van der Waals surface area contributed by atoms with Crippen LogP contribution in [0.4, 0.5) is 19.1 Å². The lowest BCUT2D eigenvalue weighted by Crippen LogP contribution is -2.21. The van der Waals surface area contributed by atoms with E-state index in [1.807, 2.05) is 0 Å². The second-order valence-corrected chi connectivity index (χ2v) is 8.09. The van der Waals surface area contributed by atoms with Gasteiger partial charge in [-0.05, 0) is 42.0 Å². The number of pyridine rings is 1. The number of nitrogens with zero attached hydrogens (tertiary/aromatic N) is 3. The first-order valence-corrected chi connectivity index (χ1v) is 10.7. The summed E-state index contributed by atoms with van der Waals surface area (Å²) in [6, 6.07) is 14.2. The highest BCUT2D eigenvalue weighted by Crippen LogP contribution is 2.27. The lowest BCUT2D eigenvalue weighted by atomic mass is 10.0. The number of methoxy groups -OCH3 is 1. The minimum absolute atomic E-state index is 0.0201. The lowest BCUT2D eigenvalue weighted by molar-refractivity contribution is -0.131. The predicted molar refractivity (Wildman–Crippen MR) is 124 cm³/mol. The molecule has 170 valence electrons. The van der Waals surface area contributed by atoms with E-state index in [0.717, 1.165) is 4.47 Å². The Morgan fingerprint density at radius 1 is 1.09 bits per heavy atom. The number of rotatable bonds is 6. The molecule has 4 rings (SSSR count). The fourth-order valence-corrected chi connectivity index (χ4v) is 3.58. The van der Waals surface area contributed by atoms with Crippen molar-refractivity contribution in [1.82, 2.24) is 14.5 Å². The van der Waals surface area contributed by atoms with Crippen molar-refractivity contribution in [3.63, 3.8) is 0 Å². The zero-order chi connectivity index (χ0) is 23.6. The smallest absolute Gasteiger partial charge is 0.390 e. The minimum Gasteiger partial charge on any atom is -0.497 e. The van der Waals surface area contributed by atoms with Gasteiger partial charge in [0.2, 0.25) is 5.95 Å². The molecule has 4 aromatic rings. The summed E-state index contributed by atoms with van der Waals surface area (Å²) in [4.78, 5) is 22.1. The number of halogens is 4. The third-order valence-electron chi connectivity index (χ3n) is 4.93. The minimum atomic E-state index is -4.29. The molecule has 1 N–H and O–H groups in total. The van der Waals surface area contributed by atoms with Gasteiger partial charge in [-0.3, -0.25) is 9.36 Å². The Hall–Kier alpha value is -3.40. The van der Waals surface area contributed by atoms with Gasteiger partial charge in [0.15, 0.2) is 0 Å². The second-order valence-electron chi connectivity index (χ2n) is 7.17. The predicted octanol–water partition coefficient (Wildman–Crippen LogP) is 5.58. The average Bonchev–Trinajstić information content (AvgIpc) is 2.79. The molecule has 33 heavy (non-hydrogen) atoms. The van der Waals surface area contributed by atoms with Crippen LogP contribution in [0.5, 0.6) is 5.75 Å². The van der Waals surface area contributed by atoms with E-state index in [-0.39, 0.29) is 18.1 Å². The molecule has 0 radical (unpaired) electrons. The summed E-state index contributed by atoms with van der Waals surface area (Å²) in [5.74, 6) is 0.672. The summed E-state index contributed by atoms with van der Waals surface area (Å²) >= 11 is 3.38. The Morgan fingerprint density at radius 3 is 2.42 bits per heavy atom. The zero-order valence-corrected chi connectivity index (χ0v) is 18.9. The van der Waals surface area contributed by atoms with Crippen molar-refractivity contribution in [3.8, 4) is 22.6 Å². The summed E-state index contributed by atoms with van der Waals surface area (Å²) in [6.07, 6.45) is -2.22. The SMILES string of the molecule is COc1ccc(-n2cc3cnc(NCCC(F)(F)F)nc3c(-c3ccc(Br)cc3)c2=O)cc1. The highest BCUT2D eigenvalue weighted by atomic mass is 79.9. The van der Waals surface area contributed by atoms with Gasteiger partial charge in [0, 0.05) is 34.5 Å². The van der Waals surface area contributed by atoms with Gasteiger partial charge in [-0.25, -0.2) is 9.97 Å². The van der Waals surface area contributed by atoms with E-state index in [4.69, 9.17) is 4.74 Å². The van der Waals surface area contributed by atoms with E-state index in [0.29, 0.717) is 33.5 Å². The maximum absolute atomic E-state index is 13.6. The standard InChI is InChI=1S/C23H18BrF3N4O2/c1-33-18-8-6-17(7-9-18)31-13-15-12-29-22(28-11-10-23(25,26)27)30-20(15)19(21(31)32)14-2-4-16(24)5-3-14/h2-9,12-13H,10-11H2,1H3,(H,28,30). The number of aromatic nitrogens is 3. The number of ether oxygens (including phenoxy) is 1. The van der Waals surface area contributed by atoms with Crippen LogP contribution in [0.15, 0.2) is 70.2 Å². The molecule has 0 bridgehead atoms. The number of alkyl halides is 3. The summed E-state index contributed by atoms with van der Waals surface area (Å²) in [7, 11) is 1.56. The van der Waals surface area contributed by atoms with Crippen molar-refractivity contribution in [1.29, 1.82) is 0 Å². The summed E-state index contributed by atoms with van der Waals surface area (Å²) in [6.45, 7) is -0.370. The van der Waals surface area contributed by atoms with E-state index in [1.165, 1.54) is 10.8 Å². The lowest BCUT2D eigenvalue weighted by Gasteiger charge is -2.14. The first-order valence-electron chi connectivity index (χ1n) is 9.88. The second kappa shape index (κ2) is 9.22. The number of nitrogens with one attached hydrogen (secondary N) is 1. The van der Waals surface area contributed by atoms with Gasteiger partial charge >= 0.3 is 6.18 Å². The highest BCUT2D eigenvalue weighted by molar-refractivity contribution is 9.10. The molecule has 10 heteroatoms. The number of fused-ring (bicyclic) bond motifs is 1. The van der Waals surface area contributed by atoms with Crippen LogP contribution in [-0.2, 0) is 0 Å². The highest BCUT2D eigenvalue weighted by Gasteiger charge is 2.26. The van der Waals surface area contributed by atoms with Gasteiger partial charge in [-0.2, -0.15) is 13.2 Å². The third kappa shape index (κ3) is 5.16. The number of hydrogen-bond acceptors (Lipinski definition) is 5. The fourth-order valence-electron chi connectivity index (χ4n) is 3.32. The molecule has 0 fully saturated rings. The summed E-state index contributed by atoms with van der Waals surface area (Å²) in [5, 5.41) is 3.15.